The number of likely N-dealkylation sites (N-methyl/N-ethyl adjacent to an activating group) is 1. The Bertz CT molecular complexity index is 341. The lowest BCUT2D eigenvalue weighted by Gasteiger charge is -2.31. The third kappa shape index (κ3) is 2.29. The monoisotopic (exact) mass is 256 g/mol. The molecule has 2 heterocycles. The fraction of sp³-hybridized carbons (Fsp3) is 0.833. The topological polar surface area (TPSA) is 70.1 Å². The van der Waals surface area contributed by atoms with Crippen molar-refractivity contribution in [2.75, 3.05) is 26.8 Å². The molecular weight excluding hydrogens is 236 g/mol. The largest absolute Gasteiger partial charge is 0.481 e. The first-order valence-electron chi connectivity index (χ1n) is 6.36. The molecule has 0 bridgehead atoms. The van der Waals surface area contributed by atoms with E-state index in [1.165, 1.54) is 0 Å². The van der Waals surface area contributed by atoms with E-state index < -0.39 is 11.9 Å². The quantitative estimate of drug-likeness (QED) is 0.786. The number of carboxylic acid groups (broad SMARTS) is 1. The van der Waals surface area contributed by atoms with Crippen molar-refractivity contribution < 1.29 is 19.4 Å². The van der Waals surface area contributed by atoms with Crippen LogP contribution < -0.4 is 0 Å². The minimum absolute atomic E-state index is 0.0817. The predicted octanol–water partition coefficient (Wildman–Crippen LogP) is 0.622. The summed E-state index contributed by atoms with van der Waals surface area (Å²) in [5.74, 6) is -1.26. The molecule has 0 aliphatic carbocycles. The van der Waals surface area contributed by atoms with Crippen LogP contribution in [-0.4, -0.2) is 65.8 Å². The van der Waals surface area contributed by atoms with E-state index in [-0.39, 0.29) is 18.1 Å². The molecule has 2 fully saturated rings. The number of carboxylic acids is 1. The summed E-state index contributed by atoms with van der Waals surface area (Å²) in [5.41, 5.74) is 0. The number of amides is 2. The van der Waals surface area contributed by atoms with Gasteiger partial charge < -0.3 is 19.6 Å². The molecule has 2 rings (SSSR count). The van der Waals surface area contributed by atoms with E-state index in [1.807, 2.05) is 6.92 Å². The first kappa shape index (κ1) is 13.1. The van der Waals surface area contributed by atoms with Gasteiger partial charge in [0.05, 0.1) is 18.6 Å². The van der Waals surface area contributed by atoms with E-state index in [0.717, 1.165) is 6.42 Å². The number of ether oxygens (including phenoxy) is 1. The lowest BCUT2D eigenvalue weighted by molar-refractivity contribution is -0.142. The fourth-order valence-electron chi connectivity index (χ4n) is 2.73. The number of hydrogen-bond donors (Lipinski definition) is 1. The summed E-state index contributed by atoms with van der Waals surface area (Å²) in [7, 11) is 1.77. The zero-order valence-electron chi connectivity index (χ0n) is 10.8. The van der Waals surface area contributed by atoms with E-state index in [1.54, 1.807) is 16.8 Å². The molecule has 3 unspecified atom stereocenters. The maximum absolute atomic E-state index is 12.3. The molecule has 2 aliphatic heterocycles. The van der Waals surface area contributed by atoms with Gasteiger partial charge in [-0.1, -0.05) is 0 Å². The SMILES string of the molecule is CC1C(C(=O)O)CCN1C(=O)N(C)C1CCOC1. The molecule has 0 aromatic rings. The number of carbonyl (C=O) groups is 2. The Balaban J connectivity index is 1.99. The Labute approximate surface area is 106 Å². The minimum atomic E-state index is -0.815. The molecule has 102 valence electrons. The van der Waals surface area contributed by atoms with Crippen molar-refractivity contribution in [1.29, 1.82) is 0 Å². The van der Waals surface area contributed by atoms with Crippen LogP contribution in [0.25, 0.3) is 0 Å². The number of aliphatic carboxylic acids is 1. The molecule has 2 saturated heterocycles. The van der Waals surface area contributed by atoms with Gasteiger partial charge in [-0.15, -0.1) is 0 Å². The summed E-state index contributed by atoms with van der Waals surface area (Å²) < 4.78 is 5.27. The number of rotatable bonds is 2. The van der Waals surface area contributed by atoms with Crippen LogP contribution in [-0.2, 0) is 9.53 Å². The zero-order valence-corrected chi connectivity index (χ0v) is 10.8. The Morgan fingerprint density at radius 1 is 1.39 bits per heavy atom. The Hall–Kier alpha value is -1.30. The molecular formula is C12H20N2O4. The van der Waals surface area contributed by atoms with Crippen LogP contribution in [0.15, 0.2) is 0 Å². The van der Waals surface area contributed by atoms with Crippen molar-refractivity contribution in [3.8, 4) is 0 Å². The third-order valence-corrected chi connectivity index (χ3v) is 4.07. The normalized spacial score (nSPS) is 31.7. The van der Waals surface area contributed by atoms with Gasteiger partial charge in [0.2, 0.25) is 0 Å². The summed E-state index contributed by atoms with van der Waals surface area (Å²) in [4.78, 5) is 26.7. The van der Waals surface area contributed by atoms with Crippen molar-refractivity contribution in [2.45, 2.75) is 31.8 Å². The highest BCUT2D eigenvalue weighted by Crippen LogP contribution is 2.26. The molecule has 0 saturated carbocycles. The molecule has 6 nitrogen and oxygen atoms in total. The highest BCUT2D eigenvalue weighted by atomic mass is 16.5. The maximum atomic E-state index is 12.3. The van der Waals surface area contributed by atoms with Gasteiger partial charge in [-0.25, -0.2) is 4.79 Å². The minimum Gasteiger partial charge on any atom is -0.481 e. The Morgan fingerprint density at radius 3 is 2.61 bits per heavy atom. The maximum Gasteiger partial charge on any atom is 0.320 e. The number of likely N-dealkylation sites (tertiary alicyclic amines) is 1. The molecule has 0 aromatic heterocycles. The van der Waals surface area contributed by atoms with Gasteiger partial charge in [0.1, 0.15) is 0 Å². The molecule has 6 heteroatoms. The van der Waals surface area contributed by atoms with Gasteiger partial charge in [0.25, 0.3) is 0 Å². The molecule has 0 aromatic carbocycles. The molecule has 3 atom stereocenters. The van der Waals surface area contributed by atoms with E-state index in [9.17, 15) is 9.59 Å². The fourth-order valence-corrected chi connectivity index (χ4v) is 2.73. The van der Waals surface area contributed by atoms with Gasteiger partial charge in [-0.3, -0.25) is 4.79 Å². The van der Waals surface area contributed by atoms with E-state index in [4.69, 9.17) is 9.84 Å². The molecule has 0 radical (unpaired) electrons. The second-order valence-electron chi connectivity index (χ2n) is 5.08. The van der Waals surface area contributed by atoms with Crippen molar-refractivity contribution in [3.63, 3.8) is 0 Å². The standard InChI is InChI=1S/C12H20N2O4/c1-8-10(11(15)16)3-5-14(8)12(17)13(2)9-4-6-18-7-9/h8-10H,3-7H2,1-2H3,(H,15,16). The summed E-state index contributed by atoms with van der Waals surface area (Å²) >= 11 is 0. The third-order valence-electron chi connectivity index (χ3n) is 4.07. The second kappa shape index (κ2) is 5.14. The van der Waals surface area contributed by atoms with Crippen molar-refractivity contribution in [3.05, 3.63) is 0 Å². The van der Waals surface area contributed by atoms with Crippen LogP contribution in [0.1, 0.15) is 19.8 Å². The van der Waals surface area contributed by atoms with Crippen LogP contribution >= 0.6 is 0 Å². The first-order valence-corrected chi connectivity index (χ1v) is 6.36. The molecule has 2 amide bonds. The van der Waals surface area contributed by atoms with Crippen LogP contribution in [0.4, 0.5) is 4.79 Å². The van der Waals surface area contributed by atoms with Crippen LogP contribution in [0.2, 0.25) is 0 Å². The summed E-state index contributed by atoms with van der Waals surface area (Å²) in [6.07, 6.45) is 1.39. The van der Waals surface area contributed by atoms with Crippen LogP contribution in [0.5, 0.6) is 0 Å². The van der Waals surface area contributed by atoms with E-state index in [0.29, 0.717) is 26.2 Å². The summed E-state index contributed by atoms with van der Waals surface area (Å²) in [5, 5.41) is 9.06. The van der Waals surface area contributed by atoms with Gasteiger partial charge in [0, 0.05) is 26.2 Å². The van der Waals surface area contributed by atoms with Crippen molar-refractivity contribution in [1.82, 2.24) is 9.80 Å². The average Bonchev–Trinajstić information content (AvgIpc) is 2.95. The summed E-state index contributed by atoms with van der Waals surface area (Å²) in [6, 6.07) is -0.199. The van der Waals surface area contributed by atoms with Crippen molar-refractivity contribution in [2.24, 2.45) is 5.92 Å². The van der Waals surface area contributed by atoms with Gasteiger partial charge in [-0.2, -0.15) is 0 Å². The Kier molecular flexibility index (Phi) is 3.75. The van der Waals surface area contributed by atoms with Gasteiger partial charge in [-0.05, 0) is 19.8 Å². The number of carbonyl (C=O) groups excluding carboxylic acids is 1. The van der Waals surface area contributed by atoms with Crippen LogP contribution in [0.3, 0.4) is 0 Å². The van der Waals surface area contributed by atoms with E-state index >= 15 is 0 Å². The van der Waals surface area contributed by atoms with Crippen LogP contribution in [0, 0.1) is 5.92 Å². The molecule has 0 spiro atoms. The first-order chi connectivity index (χ1) is 8.52. The highest BCUT2D eigenvalue weighted by Gasteiger charge is 2.40. The highest BCUT2D eigenvalue weighted by molar-refractivity contribution is 5.78. The second-order valence-corrected chi connectivity index (χ2v) is 5.08. The number of nitrogens with zero attached hydrogens (tertiary/aromatic N) is 2. The lowest BCUT2D eigenvalue weighted by atomic mass is 10.0. The average molecular weight is 256 g/mol. The van der Waals surface area contributed by atoms with Gasteiger partial charge in [0.15, 0.2) is 0 Å². The van der Waals surface area contributed by atoms with E-state index in [2.05, 4.69) is 0 Å². The zero-order chi connectivity index (χ0) is 13.3. The molecule has 1 N–H and O–H groups in total. The van der Waals surface area contributed by atoms with Crippen molar-refractivity contribution >= 4 is 12.0 Å². The smallest absolute Gasteiger partial charge is 0.320 e. The van der Waals surface area contributed by atoms with Gasteiger partial charge >= 0.3 is 12.0 Å². The summed E-state index contributed by atoms with van der Waals surface area (Å²) in [6.45, 7) is 3.60. The lowest BCUT2D eigenvalue weighted by Crippen LogP contribution is -2.48. The number of hydrogen-bond acceptors (Lipinski definition) is 3. The Morgan fingerprint density at radius 2 is 2.11 bits per heavy atom. The molecule has 2 aliphatic rings. The predicted molar refractivity (Wildman–Crippen MR) is 64.3 cm³/mol. The molecule has 18 heavy (non-hydrogen) atoms. The number of urea groups is 1.